The topological polar surface area (TPSA) is 58.1 Å². The summed E-state index contributed by atoms with van der Waals surface area (Å²) in [5.74, 6) is -0.529. The number of halogens is 1. The van der Waals surface area contributed by atoms with Crippen molar-refractivity contribution in [2.75, 3.05) is 7.05 Å². The molecule has 0 aliphatic carbocycles. The summed E-state index contributed by atoms with van der Waals surface area (Å²) in [4.78, 5) is 29.4. The van der Waals surface area contributed by atoms with Gasteiger partial charge in [0.1, 0.15) is 17.2 Å². The van der Waals surface area contributed by atoms with Gasteiger partial charge in [0.05, 0.1) is 5.69 Å². The number of aromatic nitrogens is 2. The van der Waals surface area contributed by atoms with Crippen LogP contribution in [0.2, 0.25) is 0 Å². The van der Waals surface area contributed by atoms with Crippen molar-refractivity contribution >= 4 is 16.9 Å². The molecule has 1 aromatic carbocycles. The average Bonchev–Trinajstić information content (AvgIpc) is 2.98. The lowest BCUT2D eigenvalue weighted by atomic mass is 10.2. The molecule has 24 heavy (non-hydrogen) atoms. The van der Waals surface area contributed by atoms with E-state index in [1.807, 2.05) is 13.8 Å². The number of benzene rings is 1. The third-order valence-electron chi connectivity index (χ3n) is 4.09. The Morgan fingerprint density at radius 1 is 1.17 bits per heavy atom. The zero-order valence-electron chi connectivity index (χ0n) is 13.7. The van der Waals surface area contributed by atoms with Crippen molar-refractivity contribution < 1.29 is 9.18 Å². The number of hydrogen-bond acceptors (Lipinski definition) is 2. The average molecular weight is 327 g/mol. The first kappa shape index (κ1) is 16.0. The highest BCUT2D eigenvalue weighted by Crippen LogP contribution is 2.19. The van der Waals surface area contributed by atoms with Gasteiger partial charge in [0.25, 0.3) is 11.5 Å². The quantitative estimate of drug-likeness (QED) is 0.804. The molecule has 0 aliphatic rings. The van der Waals surface area contributed by atoms with E-state index in [0.29, 0.717) is 17.0 Å². The van der Waals surface area contributed by atoms with Crippen molar-refractivity contribution in [2.45, 2.75) is 19.9 Å². The molecular formula is C18H18FN3O2. The molecule has 5 nitrogen and oxygen atoms in total. The van der Waals surface area contributed by atoms with E-state index >= 15 is 0 Å². The van der Waals surface area contributed by atoms with Gasteiger partial charge in [-0.15, -0.1) is 0 Å². The number of hydrogen-bond donors (Lipinski definition) is 1. The van der Waals surface area contributed by atoms with Crippen molar-refractivity contribution in [3.63, 3.8) is 0 Å². The third kappa shape index (κ3) is 2.71. The normalized spacial score (nSPS) is 11.2. The molecule has 3 aromatic rings. The first-order valence-electron chi connectivity index (χ1n) is 7.66. The lowest BCUT2D eigenvalue weighted by molar-refractivity contribution is 0.0750. The lowest BCUT2D eigenvalue weighted by Crippen LogP contribution is -2.33. The fourth-order valence-electron chi connectivity index (χ4n) is 2.50. The smallest absolute Gasteiger partial charge is 0.270 e. The Morgan fingerprint density at radius 2 is 1.83 bits per heavy atom. The Hall–Kier alpha value is -2.89. The van der Waals surface area contributed by atoms with Crippen LogP contribution in [0.4, 0.5) is 4.39 Å². The van der Waals surface area contributed by atoms with Crippen LogP contribution >= 0.6 is 0 Å². The number of pyridine rings is 1. The van der Waals surface area contributed by atoms with E-state index in [-0.39, 0.29) is 23.3 Å². The van der Waals surface area contributed by atoms with Gasteiger partial charge >= 0.3 is 0 Å². The van der Waals surface area contributed by atoms with Crippen LogP contribution in [0.5, 0.6) is 0 Å². The maximum Gasteiger partial charge on any atom is 0.270 e. The molecular weight excluding hydrogens is 309 g/mol. The number of H-pyrrole nitrogens is 1. The molecule has 6 heteroatoms. The molecule has 3 rings (SSSR count). The standard InChI is InChI=1S/C18H18FN3O2/c1-11(2)21(3)18(24)15-10-12-4-9-16(23)22(17(12)20-15)14-7-5-13(19)6-8-14/h4-11,20H,1-3H3. The molecule has 1 amide bonds. The lowest BCUT2D eigenvalue weighted by Gasteiger charge is -2.20. The van der Waals surface area contributed by atoms with E-state index in [0.717, 1.165) is 5.39 Å². The van der Waals surface area contributed by atoms with Crippen molar-refractivity contribution in [2.24, 2.45) is 0 Å². The molecule has 2 aromatic heterocycles. The summed E-state index contributed by atoms with van der Waals surface area (Å²) in [5, 5.41) is 0.736. The van der Waals surface area contributed by atoms with E-state index in [1.165, 1.54) is 34.9 Å². The number of fused-ring (bicyclic) bond motifs is 1. The molecule has 0 spiro atoms. The van der Waals surface area contributed by atoms with Gasteiger partial charge in [-0.1, -0.05) is 0 Å². The Kier molecular flexibility index (Phi) is 3.97. The van der Waals surface area contributed by atoms with E-state index in [4.69, 9.17) is 0 Å². The maximum absolute atomic E-state index is 13.1. The number of rotatable bonds is 3. The van der Waals surface area contributed by atoms with Gasteiger partial charge in [-0.25, -0.2) is 4.39 Å². The summed E-state index contributed by atoms with van der Waals surface area (Å²) >= 11 is 0. The first-order valence-corrected chi connectivity index (χ1v) is 7.66. The van der Waals surface area contributed by atoms with Crippen LogP contribution in [0.1, 0.15) is 24.3 Å². The maximum atomic E-state index is 13.1. The minimum absolute atomic E-state index is 0.0585. The molecule has 0 fully saturated rings. The Bertz CT molecular complexity index is 955. The number of carbonyl (C=O) groups excluding carboxylic acids is 1. The van der Waals surface area contributed by atoms with Crippen LogP contribution in [-0.4, -0.2) is 33.4 Å². The summed E-state index contributed by atoms with van der Waals surface area (Å²) in [7, 11) is 1.73. The van der Waals surface area contributed by atoms with Crippen molar-refractivity contribution in [3.8, 4) is 5.69 Å². The van der Waals surface area contributed by atoms with Gasteiger partial charge in [-0.2, -0.15) is 0 Å². The largest absolute Gasteiger partial charge is 0.338 e. The molecule has 124 valence electrons. The van der Waals surface area contributed by atoms with E-state index in [1.54, 1.807) is 24.1 Å². The number of aromatic amines is 1. The molecule has 0 radical (unpaired) electrons. The first-order chi connectivity index (χ1) is 11.4. The fourth-order valence-corrected chi connectivity index (χ4v) is 2.50. The number of carbonyl (C=O) groups is 1. The van der Waals surface area contributed by atoms with Gasteiger partial charge in [-0.3, -0.25) is 14.2 Å². The molecule has 1 N–H and O–H groups in total. The minimum Gasteiger partial charge on any atom is -0.338 e. The summed E-state index contributed by atoms with van der Waals surface area (Å²) in [6.07, 6.45) is 0. The van der Waals surface area contributed by atoms with Gasteiger partial charge in [0, 0.05) is 24.5 Å². The summed E-state index contributed by atoms with van der Waals surface area (Å²) in [6, 6.07) is 10.5. The molecule has 0 atom stereocenters. The number of nitrogens with zero attached hydrogens (tertiary/aromatic N) is 2. The van der Waals surface area contributed by atoms with Gasteiger partial charge in [-0.05, 0) is 50.2 Å². The molecule has 0 unspecified atom stereocenters. The van der Waals surface area contributed by atoms with Crippen molar-refractivity contribution in [1.82, 2.24) is 14.5 Å². The Labute approximate surface area is 138 Å². The second-order valence-electron chi connectivity index (χ2n) is 5.98. The monoisotopic (exact) mass is 327 g/mol. The van der Waals surface area contributed by atoms with Gasteiger partial charge in [0.15, 0.2) is 0 Å². The zero-order valence-corrected chi connectivity index (χ0v) is 13.7. The van der Waals surface area contributed by atoms with Crippen LogP contribution in [0, 0.1) is 5.82 Å². The van der Waals surface area contributed by atoms with Crippen molar-refractivity contribution in [3.05, 3.63) is 64.3 Å². The predicted octanol–water partition coefficient (Wildman–Crippen LogP) is 2.94. The van der Waals surface area contributed by atoms with E-state index < -0.39 is 0 Å². The minimum atomic E-state index is -0.375. The van der Waals surface area contributed by atoms with Crippen LogP contribution in [0.25, 0.3) is 16.7 Å². The molecule has 0 aliphatic heterocycles. The van der Waals surface area contributed by atoms with Crippen LogP contribution in [0.15, 0.2) is 47.3 Å². The second kappa shape index (κ2) is 5.96. The predicted molar refractivity (Wildman–Crippen MR) is 91.1 cm³/mol. The molecule has 2 heterocycles. The summed E-state index contributed by atoms with van der Waals surface area (Å²) in [5.41, 5.74) is 1.19. The highest BCUT2D eigenvalue weighted by Gasteiger charge is 2.18. The fraction of sp³-hybridized carbons (Fsp3) is 0.222. The van der Waals surface area contributed by atoms with Gasteiger partial charge < -0.3 is 9.88 Å². The highest BCUT2D eigenvalue weighted by molar-refractivity contribution is 5.97. The highest BCUT2D eigenvalue weighted by atomic mass is 19.1. The Balaban J connectivity index is 2.17. The van der Waals surface area contributed by atoms with Gasteiger partial charge in [0.2, 0.25) is 0 Å². The number of amides is 1. The Morgan fingerprint density at radius 3 is 2.46 bits per heavy atom. The second-order valence-corrected chi connectivity index (χ2v) is 5.98. The number of nitrogens with one attached hydrogen (secondary N) is 1. The molecule has 0 saturated heterocycles. The summed E-state index contributed by atoms with van der Waals surface area (Å²) in [6.45, 7) is 3.85. The summed E-state index contributed by atoms with van der Waals surface area (Å²) < 4.78 is 14.6. The van der Waals surface area contributed by atoms with Crippen LogP contribution < -0.4 is 5.56 Å². The SMILES string of the molecule is CC(C)N(C)C(=O)c1cc2ccc(=O)n(-c3ccc(F)cc3)c2[nH]1. The van der Waals surface area contributed by atoms with Crippen molar-refractivity contribution in [1.29, 1.82) is 0 Å². The van der Waals surface area contributed by atoms with Crippen LogP contribution in [-0.2, 0) is 0 Å². The van der Waals surface area contributed by atoms with E-state index in [2.05, 4.69) is 4.98 Å². The molecule has 0 saturated carbocycles. The van der Waals surface area contributed by atoms with Crippen LogP contribution in [0.3, 0.4) is 0 Å². The zero-order chi connectivity index (χ0) is 17.4. The third-order valence-corrected chi connectivity index (χ3v) is 4.09. The van der Waals surface area contributed by atoms with E-state index in [9.17, 15) is 14.0 Å². The molecule has 0 bridgehead atoms.